The van der Waals surface area contributed by atoms with Crippen molar-refractivity contribution in [3.8, 4) is 12.3 Å². The second-order valence-electron chi connectivity index (χ2n) is 1.41. The van der Waals surface area contributed by atoms with Gasteiger partial charge in [0.05, 0.1) is 0 Å². The number of nitrogens with zero attached hydrogens (tertiary/aromatic N) is 1. The SMILES string of the molecule is C#CC(/C=C\C)=C/N=C. The van der Waals surface area contributed by atoms with Gasteiger partial charge in [-0.3, -0.25) is 4.99 Å². The van der Waals surface area contributed by atoms with Crippen LogP contribution in [0.25, 0.3) is 0 Å². The Balaban J connectivity index is 4.19. The molecule has 1 heteroatoms. The van der Waals surface area contributed by atoms with Crippen molar-refractivity contribution in [3.05, 3.63) is 23.9 Å². The van der Waals surface area contributed by atoms with Gasteiger partial charge in [-0.1, -0.05) is 12.0 Å². The molecule has 0 aromatic heterocycles. The Kier molecular flexibility index (Phi) is 4.16. The zero-order valence-electron chi connectivity index (χ0n) is 5.46. The highest BCUT2D eigenvalue weighted by atomic mass is 14.6. The van der Waals surface area contributed by atoms with Crippen molar-refractivity contribution in [2.75, 3.05) is 0 Å². The normalized spacial score (nSPS) is 11.3. The first-order valence-electron chi connectivity index (χ1n) is 2.60. The minimum Gasteiger partial charge on any atom is -0.271 e. The van der Waals surface area contributed by atoms with Gasteiger partial charge in [0.25, 0.3) is 0 Å². The van der Waals surface area contributed by atoms with Crippen LogP contribution in [0.5, 0.6) is 0 Å². The Morgan fingerprint density at radius 3 is 2.78 bits per heavy atom. The Labute approximate surface area is 55.8 Å². The van der Waals surface area contributed by atoms with Crippen LogP contribution in [0.3, 0.4) is 0 Å². The fourth-order valence-electron chi connectivity index (χ4n) is 0.406. The lowest BCUT2D eigenvalue weighted by Gasteiger charge is -1.82. The van der Waals surface area contributed by atoms with Crippen molar-refractivity contribution in [1.82, 2.24) is 0 Å². The summed E-state index contributed by atoms with van der Waals surface area (Å²) >= 11 is 0. The third-order valence-electron chi connectivity index (χ3n) is 0.743. The van der Waals surface area contributed by atoms with E-state index in [0.29, 0.717) is 0 Å². The molecule has 0 aliphatic heterocycles. The first-order valence-corrected chi connectivity index (χ1v) is 2.60. The first-order chi connectivity index (χ1) is 4.35. The molecule has 0 saturated carbocycles. The molecule has 9 heavy (non-hydrogen) atoms. The highest BCUT2D eigenvalue weighted by Gasteiger charge is 1.77. The molecule has 0 spiro atoms. The smallest absolute Gasteiger partial charge is 0.0421 e. The van der Waals surface area contributed by atoms with E-state index in [0.717, 1.165) is 5.57 Å². The number of rotatable bonds is 2. The molecule has 0 heterocycles. The van der Waals surface area contributed by atoms with E-state index in [9.17, 15) is 0 Å². The topological polar surface area (TPSA) is 12.4 Å². The number of allylic oxidation sites excluding steroid dienone is 3. The monoisotopic (exact) mass is 119 g/mol. The number of terminal acetylenes is 1. The van der Waals surface area contributed by atoms with Crippen molar-refractivity contribution in [1.29, 1.82) is 0 Å². The summed E-state index contributed by atoms with van der Waals surface area (Å²) in [7, 11) is 0. The van der Waals surface area contributed by atoms with Crippen LogP contribution in [-0.4, -0.2) is 6.72 Å². The summed E-state index contributed by atoms with van der Waals surface area (Å²) in [4.78, 5) is 3.52. The van der Waals surface area contributed by atoms with Crippen molar-refractivity contribution < 1.29 is 0 Å². The molecule has 0 aliphatic carbocycles. The van der Waals surface area contributed by atoms with Crippen molar-refractivity contribution in [2.45, 2.75) is 6.92 Å². The van der Waals surface area contributed by atoms with Crippen molar-refractivity contribution >= 4 is 6.72 Å². The predicted molar refractivity (Wildman–Crippen MR) is 41.3 cm³/mol. The molecule has 0 unspecified atom stereocenters. The molecule has 0 saturated heterocycles. The fourth-order valence-corrected chi connectivity index (χ4v) is 0.406. The van der Waals surface area contributed by atoms with Gasteiger partial charge in [-0.2, -0.15) is 0 Å². The lowest BCUT2D eigenvalue weighted by atomic mass is 10.3. The number of hydrogen-bond donors (Lipinski definition) is 0. The maximum absolute atomic E-state index is 5.09. The highest BCUT2D eigenvalue weighted by molar-refractivity contribution is 5.38. The molecule has 0 fully saturated rings. The average molecular weight is 119 g/mol. The summed E-state index contributed by atoms with van der Waals surface area (Å²) < 4.78 is 0. The van der Waals surface area contributed by atoms with Gasteiger partial charge in [0, 0.05) is 11.8 Å². The largest absolute Gasteiger partial charge is 0.271 e. The molecule has 0 N–H and O–H groups in total. The molecule has 0 aromatic rings. The van der Waals surface area contributed by atoms with Gasteiger partial charge in [0.15, 0.2) is 0 Å². The standard InChI is InChI=1S/C8H9N/c1-4-6-8(5-2)7-9-3/h2,4,6-7H,3H2,1H3/b6-4-,8-7-. The van der Waals surface area contributed by atoms with Crippen LogP contribution >= 0.6 is 0 Å². The minimum absolute atomic E-state index is 0.743. The Morgan fingerprint density at radius 2 is 2.44 bits per heavy atom. The van der Waals surface area contributed by atoms with Crippen LogP contribution in [0.15, 0.2) is 28.9 Å². The van der Waals surface area contributed by atoms with Crippen molar-refractivity contribution in [2.24, 2.45) is 4.99 Å². The van der Waals surface area contributed by atoms with E-state index in [-0.39, 0.29) is 0 Å². The Morgan fingerprint density at radius 1 is 1.78 bits per heavy atom. The quantitative estimate of drug-likeness (QED) is 0.298. The maximum Gasteiger partial charge on any atom is 0.0421 e. The summed E-state index contributed by atoms with van der Waals surface area (Å²) in [6.45, 7) is 5.17. The molecule has 0 rings (SSSR count). The van der Waals surface area contributed by atoms with Crippen LogP contribution in [0.1, 0.15) is 6.92 Å². The third-order valence-corrected chi connectivity index (χ3v) is 0.743. The van der Waals surface area contributed by atoms with E-state index in [1.54, 1.807) is 12.3 Å². The molecule has 46 valence electrons. The van der Waals surface area contributed by atoms with Gasteiger partial charge >= 0.3 is 0 Å². The highest BCUT2D eigenvalue weighted by Crippen LogP contribution is 1.93. The van der Waals surface area contributed by atoms with Crippen LogP contribution in [0.4, 0.5) is 0 Å². The lowest BCUT2D eigenvalue weighted by Crippen LogP contribution is -1.66. The van der Waals surface area contributed by atoms with Gasteiger partial charge < -0.3 is 0 Å². The summed E-state index contributed by atoms with van der Waals surface area (Å²) in [6, 6.07) is 0. The maximum atomic E-state index is 5.09. The second kappa shape index (κ2) is 4.86. The van der Waals surface area contributed by atoms with Gasteiger partial charge in [0.1, 0.15) is 0 Å². The summed E-state index contributed by atoms with van der Waals surface area (Å²) in [5, 5.41) is 0. The van der Waals surface area contributed by atoms with Crippen LogP contribution in [-0.2, 0) is 0 Å². The minimum atomic E-state index is 0.743. The van der Waals surface area contributed by atoms with E-state index >= 15 is 0 Å². The van der Waals surface area contributed by atoms with Crippen LogP contribution in [0, 0.1) is 12.3 Å². The van der Waals surface area contributed by atoms with Gasteiger partial charge in [-0.05, 0) is 19.7 Å². The zero-order valence-corrected chi connectivity index (χ0v) is 5.46. The fraction of sp³-hybridized carbons (Fsp3) is 0.125. The van der Waals surface area contributed by atoms with E-state index in [1.807, 2.05) is 13.0 Å². The molecular weight excluding hydrogens is 110 g/mol. The van der Waals surface area contributed by atoms with E-state index in [4.69, 9.17) is 6.42 Å². The van der Waals surface area contributed by atoms with E-state index in [2.05, 4.69) is 17.6 Å². The molecular formula is C8H9N. The molecule has 0 bridgehead atoms. The van der Waals surface area contributed by atoms with Gasteiger partial charge in [-0.15, -0.1) is 6.42 Å². The molecule has 0 radical (unpaired) electrons. The molecule has 0 aromatic carbocycles. The molecule has 0 atom stereocenters. The van der Waals surface area contributed by atoms with E-state index < -0.39 is 0 Å². The summed E-state index contributed by atoms with van der Waals surface area (Å²) in [6.07, 6.45) is 10.3. The van der Waals surface area contributed by atoms with Gasteiger partial charge in [0.2, 0.25) is 0 Å². The number of aliphatic imine (C=N–C) groups is 1. The predicted octanol–water partition coefficient (Wildman–Crippen LogP) is 1.78. The van der Waals surface area contributed by atoms with Crippen LogP contribution in [0.2, 0.25) is 0 Å². The van der Waals surface area contributed by atoms with Crippen molar-refractivity contribution in [3.63, 3.8) is 0 Å². The Hall–Kier alpha value is -1.29. The zero-order chi connectivity index (χ0) is 7.11. The van der Waals surface area contributed by atoms with Gasteiger partial charge in [-0.25, -0.2) is 0 Å². The summed E-state index contributed by atoms with van der Waals surface area (Å²) in [5.41, 5.74) is 0.743. The third kappa shape index (κ3) is 3.31. The second-order valence-corrected chi connectivity index (χ2v) is 1.41. The lowest BCUT2D eigenvalue weighted by molar-refractivity contribution is 1.55. The molecule has 0 amide bonds. The summed E-state index contributed by atoms with van der Waals surface area (Å²) in [5.74, 6) is 2.44. The average Bonchev–Trinajstić information content (AvgIpc) is 1.88. The van der Waals surface area contributed by atoms with Crippen LogP contribution < -0.4 is 0 Å². The molecule has 1 nitrogen and oxygen atoms in total. The van der Waals surface area contributed by atoms with E-state index in [1.165, 1.54) is 0 Å². The first kappa shape index (κ1) is 7.71. The number of hydrogen-bond acceptors (Lipinski definition) is 1. The Bertz CT molecular complexity index is 179. The molecule has 0 aliphatic rings.